The Morgan fingerprint density at radius 3 is 2.85 bits per heavy atom. The zero-order valence-corrected chi connectivity index (χ0v) is 16.6. The summed E-state index contributed by atoms with van der Waals surface area (Å²) in [5.41, 5.74) is 1.85. The topological polar surface area (TPSA) is 44.9 Å². The minimum atomic E-state index is -1.47. The van der Waals surface area contributed by atoms with Crippen molar-refractivity contribution >= 4 is 44.7 Å². The Bertz CT molecular complexity index is 905. The van der Waals surface area contributed by atoms with Crippen LogP contribution in [-0.2, 0) is 17.6 Å². The van der Waals surface area contributed by atoms with Gasteiger partial charge in [0.05, 0.1) is 13.1 Å². The second kappa shape index (κ2) is 7.40. The summed E-state index contributed by atoms with van der Waals surface area (Å²) >= 11 is 9.51. The van der Waals surface area contributed by atoms with Crippen molar-refractivity contribution < 1.29 is 9.90 Å². The minimum Gasteiger partial charge on any atom is -0.380 e. The molecule has 0 saturated carbocycles. The summed E-state index contributed by atoms with van der Waals surface area (Å²) in [5.74, 6) is -0.269. The molecule has 0 bridgehead atoms. The molecule has 1 atom stereocenters. The Labute approximate surface area is 166 Å². The van der Waals surface area contributed by atoms with Gasteiger partial charge in [0.25, 0.3) is 0 Å². The molecule has 2 aromatic rings. The van der Waals surface area contributed by atoms with E-state index in [2.05, 4.69) is 31.7 Å². The summed E-state index contributed by atoms with van der Waals surface area (Å²) in [6.07, 6.45) is 0.971. The number of ketones is 1. The van der Waals surface area contributed by atoms with Gasteiger partial charge in [-0.05, 0) is 42.7 Å². The third-order valence-electron chi connectivity index (χ3n) is 4.63. The zero-order valence-electron chi connectivity index (χ0n) is 14.3. The summed E-state index contributed by atoms with van der Waals surface area (Å²) < 4.78 is 1.03. The van der Waals surface area contributed by atoms with Crippen molar-refractivity contribution in [1.29, 1.82) is 0 Å². The van der Waals surface area contributed by atoms with Crippen molar-refractivity contribution in [3.05, 3.63) is 68.4 Å². The number of anilines is 1. The maximum Gasteiger partial charge on any atom is 0.205 e. The third kappa shape index (κ3) is 3.93. The first kappa shape index (κ1) is 18.9. The predicted octanol–water partition coefficient (Wildman–Crippen LogP) is 4.58. The molecule has 6 heteroatoms. The maximum absolute atomic E-state index is 12.7. The van der Waals surface area contributed by atoms with Gasteiger partial charge in [0, 0.05) is 28.1 Å². The lowest BCUT2D eigenvalue weighted by molar-refractivity contribution is -0.134. The van der Waals surface area contributed by atoms with Crippen molar-refractivity contribution in [2.24, 2.45) is 0 Å². The number of rotatable bonds is 5. The highest BCUT2D eigenvalue weighted by Gasteiger charge is 2.34. The molecule has 0 aromatic heterocycles. The van der Waals surface area contributed by atoms with Crippen molar-refractivity contribution in [2.45, 2.75) is 25.4 Å². The second-order valence-corrected chi connectivity index (χ2v) is 8.04. The fourth-order valence-electron chi connectivity index (χ4n) is 3.19. The summed E-state index contributed by atoms with van der Waals surface area (Å²) in [6.45, 7) is 9.60. The van der Waals surface area contributed by atoms with E-state index in [1.807, 2.05) is 12.1 Å². The molecule has 1 N–H and O–H groups in total. The first-order valence-electron chi connectivity index (χ1n) is 8.25. The van der Waals surface area contributed by atoms with Gasteiger partial charge in [-0.3, -0.25) is 4.79 Å². The Morgan fingerprint density at radius 1 is 1.38 bits per heavy atom. The number of carbonyl (C=O) groups is 1. The molecule has 1 heterocycles. The number of benzene rings is 2. The molecule has 0 amide bonds. The molecule has 4 nitrogen and oxygen atoms in total. The molecule has 0 spiro atoms. The third-order valence-corrected chi connectivity index (χ3v) is 5.43. The fourth-order valence-corrected chi connectivity index (χ4v) is 3.84. The normalized spacial score (nSPS) is 15.3. The van der Waals surface area contributed by atoms with E-state index in [1.54, 1.807) is 25.1 Å². The van der Waals surface area contributed by atoms with E-state index >= 15 is 0 Å². The standard InChI is InChI=1S/C20H18BrClN2O2/c1-20(26,12-24-8-7-14-11-15(21)4-6-18(14)24)19(25)10-13-3-5-17(23-2)16(22)9-13/h3-6,9,11,26H,7-8,10,12H2,1H3/t20-/m0/s1. The fraction of sp³-hybridized carbons (Fsp3) is 0.300. The van der Waals surface area contributed by atoms with Crippen LogP contribution in [0.3, 0.4) is 0 Å². The number of aliphatic hydroxyl groups is 1. The van der Waals surface area contributed by atoms with E-state index in [4.69, 9.17) is 18.2 Å². The molecule has 0 aliphatic carbocycles. The number of halogens is 2. The van der Waals surface area contributed by atoms with Gasteiger partial charge in [-0.15, -0.1) is 0 Å². The smallest absolute Gasteiger partial charge is 0.205 e. The average molecular weight is 434 g/mol. The molecule has 0 unspecified atom stereocenters. The molecule has 26 heavy (non-hydrogen) atoms. The molecule has 1 aliphatic heterocycles. The number of nitrogens with zero attached hydrogens (tertiary/aromatic N) is 2. The van der Waals surface area contributed by atoms with Crippen LogP contribution < -0.4 is 4.90 Å². The van der Waals surface area contributed by atoms with Gasteiger partial charge in [-0.25, -0.2) is 4.85 Å². The lowest BCUT2D eigenvalue weighted by Crippen LogP contribution is -2.47. The van der Waals surface area contributed by atoms with Gasteiger partial charge in [0.15, 0.2) is 5.78 Å². The van der Waals surface area contributed by atoms with E-state index in [-0.39, 0.29) is 18.7 Å². The number of fused-ring (bicyclic) bond motifs is 1. The van der Waals surface area contributed by atoms with Crippen LogP contribution in [0, 0.1) is 6.57 Å². The van der Waals surface area contributed by atoms with E-state index in [1.165, 1.54) is 5.56 Å². The van der Waals surface area contributed by atoms with Gasteiger partial charge in [-0.2, -0.15) is 0 Å². The first-order chi connectivity index (χ1) is 12.3. The monoisotopic (exact) mass is 432 g/mol. The predicted molar refractivity (Wildman–Crippen MR) is 107 cm³/mol. The van der Waals surface area contributed by atoms with Crippen molar-refractivity contribution in [3.8, 4) is 0 Å². The van der Waals surface area contributed by atoms with Gasteiger partial charge >= 0.3 is 0 Å². The zero-order chi connectivity index (χ0) is 18.9. The quantitative estimate of drug-likeness (QED) is 0.702. The van der Waals surface area contributed by atoms with Gasteiger partial charge in [0.1, 0.15) is 5.60 Å². The van der Waals surface area contributed by atoms with Crippen LogP contribution in [0.15, 0.2) is 40.9 Å². The molecule has 1 aliphatic rings. The Kier molecular flexibility index (Phi) is 5.38. The minimum absolute atomic E-state index is 0.0754. The second-order valence-electron chi connectivity index (χ2n) is 6.72. The Hall–Kier alpha value is -1.87. The average Bonchev–Trinajstić information content (AvgIpc) is 2.96. The molecular formula is C20H18BrClN2O2. The number of β-amino-alcohol motifs (C(OH)–C–C–N with tert-alkyl or cyclic N) is 1. The van der Waals surface area contributed by atoms with Crippen LogP contribution in [0.2, 0.25) is 5.02 Å². The van der Waals surface area contributed by atoms with Crippen LogP contribution in [0.25, 0.3) is 4.85 Å². The van der Waals surface area contributed by atoms with E-state index in [9.17, 15) is 9.90 Å². The van der Waals surface area contributed by atoms with Gasteiger partial charge in [-0.1, -0.05) is 45.7 Å². The largest absolute Gasteiger partial charge is 0.380 e. The van der Waals surface area contributed by atoms with Crippen molar-refractivity contribution in [1.82, 2.24) is 0 Å². The lowest BCUT2D eigenvalue weighted by Gasteiger charge is -2.29. The number of hydrogen-bond acceptors (Lipinski definition) is 3. The van der Waals surface area contributed by atoms with E-state index in [0.29, 0.717) is 16.3 Å². The Morgan fingerprint density at radius 2 is 2.15 bits per heavy atom. The summed E-state index contributed by atoms with van der Waals surface area (Å²) in [6, 6.07) is 11.0. The Balaban J connectivity index is 1.72. The summed E-state index contributed by atoms with van der Waals surface area (Å²) in [7, 11) is 0. The van der Waals surface area contributed by atoms with Crippen molar-refractivity contribution in [3.63, 3.8) is 0 Å². The van der Waals surface area contributed by atoms with Crippen LogP contribution in [0.4, 0.5) is 11.4 Å². The SMILES string of the molecule is [C-]#[N+]c1ccc(CC(=O)[C@@](C)(O)CN2CCc3cc(Br)ccc32)cc1Cl. The molecule has 3 rings (SSSR count). The van der Waals surface area contributed by atoms with Gasteiger partial charge < -0.3 is 10.0 Å². The number of hydrogen-bond donors (Lipinski definition) is 1. The number of carbonyl (C=O) groups excluding carboxylic acids is 1. The van der Waals surface area contributed by atoms with Crippen molar-refractivity contribution in [2.75, 3.05) is 18.0 Å². The van der Waals surface area contributed by atoms with Crippen LogP contribution >= 0.6 is 27.5 Å². The van der Waals surface area contributed by atoms with E-state index in [0.717, 1.165) is 23.1 Å². The van der Waals surface area contributed by atoms with Crippen LogP contribution in [-0.4, -0.2) is 29.6 Å². The summed E-state index contributed by atoms with van der Waals surface area (Å²) in [4.78, 5) is 18.0. The highest BCUT2D eigenvalue weighted by atomic mass is 79.9. The highest BCUT2D eigenvalue weighted by Crippen LogP contribution is 2.32. The molecule has 0 fully saturated rings. The van der Waals surface area contributed by atoms with Crippen LogP contribution in [0.1, 0.15) is 18.1 Å². The molecule has 0 saturated heterocycles. The molecular weight excluding hydrogens is 416 g/mol. The highest BCUT2D eigenvalue weighted by molar-refractivity contribution is 9.10. The first-order valence-corrected chi connectivity index (χ1v) is 9.42. The molecule has 0 radical (unpaired) electrons. The van der Waals surface area contributed by atoms with Gasteiger partial charge in [0.2, 0.25) is 5.69 Å². The van der Waals surface area contributed by atoms with E-state index < -0.39 is 5.60 Å². The molecule has 2 aromatic carbocycles. The molecule has 134 valence electrons. The van der Waals surface area contributed by atoms with Crippen LogP contribution in [0.5, 0.6) is 0 Å². The maximum atomic E-state index is 12.7. The number of Topliss-reactive ketones (excluding diaryl/α,β-unsaturated/α-hetero) is 1. The lowest BCUT2D eigenvalue weighted by atomic mass is 9.94. The summed E-state index contributed by atoms with van der Waals surface area (Å²) in [5, 5.41) is 11.1.